The average molecular weight is 156 g/mol. The third-order valence-corrected chi connectivity index (χ3v) is 2.04. The van der Waals surface area contributed by atoms with E-state index in [1.165, 1.54) is 18.7 Å². The fourth-order valence-electron chi connectivity index (χ4n) is 1.40. The van der Waals surface area contributed by atoms with Gasteiger partial charge in [0.15, 0.2) is 0 Å². The van der Waals surface area contributed by atoms with Gasteiger partial charge in [-0.25, -0.2) is 0 Å². The molecule has 0 fully saturated rings. The monoisotopic (exact) mass is 156 g/mol. The molecule has 0 rings (SSSR count). The van der Waals surface area contributed by atoms with Crippen molar-refractivity contribution in [3.8, 4) is 0 Å². The Hall–Kier alpha value is -0.530. The molecule has 0 N–H and O–H groups in total. The molecule has 0 aliphatic carbocycles. The molecule has 66 valence electrons. The van der Waals surface area contributed by atoms with Crippen LogP contribution in [-0.2, 0) is 0 Å². The first kappa shape index (κ1) is 10.5. The second-order valence-electron chi connectivity index (χ2n) is 2.99. The molecule has 0 amide bonds. The van der Waals surface area contributed by atoms with Gasteiger partial charge in [-0.2, -0.15) is 0 Å². The molecular weight excluding hydrogens is 136 g/mol. The lowest BCUT2D eigenvalue weighted by Gasteiger charge is -2.22. The molecule has 2 heteroatoms. The maximum atomic E-state index is 4.27. The largest absolute Gasteiger partial charge is 0.366 e. The normalized spacial score (nSPS) is 12.4. The summed E-state index contributed by atoms with van der Waals surface area (Å²) < 4.78 is 0. The Morgan fingerprint density at radius 2 is 1.73 bits per heavy atom. The van der Waals surface area contributed by atoms with E-state index in [1.807, 2.05) is 7.05 Å². The molecule has 0 saturated heterocycles. The predicted octanol–water partition coefficient (Wildman–Crippen LogP) is 2.01. The van der Waals surface area contributed by atoms with Crippen molar-refractivity contribution in [2.75, 3.05) is 21.1 Å². The van der Waals surface area contributed by atoms with Crippen molar-refractivity contribution < 1.29 is 0 Å². The van der Waals surface area contributed by atoms with Crippen LogP contribution >= 0.6 is 0 Å². The van der Waals surface area contributed by atoms with Crippen molar-refractivity contribution in [2.45, 2.75) is 26.7 Å². The lowest BCUT2D eigenvalue weighted by molar-refractivity contribution is 0.521. The second kappa shape index (κ2) is 5.16. The minimum Gasteiger partial charge on any atom is -0.366 e. The van der Waals surface area contributed by atoms with Gasteiger partial charge >= 0.3 is 0 Å². The molecule has 0 aliphatic rings. The van der Waals surface area contributed by atoms with Gasteiger partial charge in [0.25, 0.3) is 0 Å². The Morgan fingerprint density at radius 3 is 1.82 bits per heavy atom. The van der Waals surface area contributed by atoms with Crippen molar-refractivity contribution in [2.24, 2.45) is 10.9 Å². The van der Waals surface area contributed by atoms with Gasteiger partial charge in [0.1, 0.15) is 5.84 Å². The van der Waals surface area contributed by atoms with Gasteiger partial charge in [-0.3, -0.25) is 4.99 Å². The maximum absolute atomic E-state index is 4.27. The number of aliphatic imine (C=N–C) groups is 1. The molecule has 0 saturated carbocycles. The SMILES string of the molecule is CCC(CC)/C(=N/C)N(C)C. The number of amidine groups is 1. The van der Waals surface area contributed by atoms with Crippen LogP contribution in [0.15, 0.2) is 4.99 Å². The Balaban J connectivity index is 4.23. The van der Waals surface area contributed by atoms with E-state index < -0.39 is 0 Å². The fraction of sp³-hybridized carbons (Fsp3) is 0.889. The number of rotatable bonds is 3. The molecule has 0 spiro atoms. The van der Waals surface area contributed by atoms with E-state index in [1.54, 1.807) is 0 Å². The molecular formula is C9H20N2. The number of nitrogens with zero attached hydrogens (tertiary/aromatic N) is 2. The summed E-state index contributed by atoms with van der Waals surface area (Å²) >= 11 is 0. The third kappa shape index (κ3) is 2.91. The first-order valence-corrected chi connectivity index (χ1v) is 4.31. The Kier molecular flexibility index (Phi) is 4.92. The van der Waals surface area contributed by atoms with E-state index in [4.69, 9.17) is 0 Å². The van der Waals surface area contributed by atoms with Crippen LogP contribution in [0.5, 0.6) is 0 Å². The van der Waals surface area contributed by atoms with Crippen LogP contribution < -0.4 is 0 Å². The first-order chi connectivity index (χ1) is 5.17. The first-order valence-electron chi connectivity index (χ1n) is 4.31. The summed E-state index contributed by atoms with van der Waals surface area (Å²) in [7, 11) is 5.98. The van der Waals surface area contributed by atoms with Crippen LogP contribution in [0.25, 0.3) is 0 Å². The molecule has 11 heavy (non-hydrogen) atoms. The number of hydrogen-bond acceptors (Lipinski definition) is 1. The van der Waals surface area contributed by atoms with Crippen LogP contribution in [0.1, 0.15) is 26.7 Å². The summed E-state index contributed by atoms with van der Waals surface area (Å²) in [5, 5.41) is 0. The zero-order valence-electron chi connectivity index (χ0n) is 8.39. The Labute approximate surface area is 70.3 Å². The highest BCUT2D eigenvalue weighted by atomic mass is 15.1. The zero-order valence-corrected chi connectivity index (χ0v) is 8.39. The molecule has 2 nitrogen and oxygen atoms in total. The van der Waals surface area contributed by atoms with Gasteiger partial charge in [0, 0.05) is 27.1 Å². The maximum Gasteiger partial charge on any atom is 0.101 e. The van der Waals surface area contributed by atoms with Crippen LogP contribution in [0.4, 0.5) is 0 Å². The molecule has 0 heterocycles. The lowest BCUT2D eigenvalue weighted by atomic mass is 10.0. The predicted molar refractivity (Wildman–Crippen MR) is 51.1 cm³/mol. The fourth-order valence-corrected chi connectivity index (χ4v) is 1.40. The summed E-state index contributed by atoms with van der Waals surface area (Å²) in [4.78, 5) is 6.38. The lowest BCUT2D eigenvalue weighted by Crippen LogP contribution is -2.29. The summed E-state index contributed by atoms with van der Waals surface area (Å²) in [5.74, 6) is 1.85. The van der Waals surface area contributed by atoms with E-state index in [0.29, 0.717) is 5.92 Å². The van der Waals surface area contributed by atoms with E-state index in [0.717, 1.165) is 0 Å². The topological polar surface area (TPSA) is 15.6 Å². The van der Waals surface area contributed by atoms with E-state index in [9.17, 15) is 0 Å². The second-order valence-corrected chi connectivity index (χ2v) is 2.99. The Morgan fingerprint density at radius 1 is 1.27 bits per heavy atom. The third-order valence-electron chi connectivity index (χ3n) is 2.04. The summed E-state index contributed by atoms with van der Waals surface area (Å²) in [6.07, 6.45) is 2.36. The van der Waals surface area contributed by atoms with Crippen LogP contribution in [-0.4, -0.2) is 31.9 Å². The van der Waals surface area contributed by atoms with Crippen molar-refractivity contribution in [3.63, 3.8) is 0 Å². The summed E-state index contributed by atoms with van der Waals surface area (Å²) in [5.41, 5.74) is 0. The quantitative estimate of drug-likeness (QED) is 0.451. The van der Waals surface area contributed by atoms with Crippen molar-refractivity contribution in [3.05, 3.63) is 0 Å². The molecule has 0 aliphatic heterocycles. The molecule has 0 unspecified atom stereocenters. The van der Waals surface area contributed by atoms with Gasteiger partial charge in [-0.1, -0.05) is 13.8 Å². The van der Waals surface area contributed by atoms with Gasteiger partial charge in [0.2, 0.25) is 0 Å². The van der Waals surface area contributed by atoms with Crippen LogP contribution in [0, 0.1) is 5.92 Å². The van der Waals surface area contributed by atoms with Crippen LogP contribution in [0.2, 0.25) is 0 Å². The zero-order chi connectivity index (χ0) is 8.85. The number of hydrogen-bond donors (Lipinski definition) is 0. The van der Waals surface area contributed by atoms with Crippen molar-refractivity contribution in [1.82, 2.24) is 4.90 Å². The summed E-state index contributed by atoms with van der Waals surface area (Å²) in [6.45, 7) is 4.42. The van der Waals surface area contributed by atoms with Gasteiger partial charge in [0.05, 0.1) is 0 Å². The molecule has 0 aromatic carbocycles. The highest BCUT2D eigenvalue weighted by molar-refractivity contribution is 5.84. The van der Waals surface area contributed by atoms with E-state index in [2.05, 4.69) is 37.8 Å². The van der Waals surface area contributed by atoms with Gasteiger partial charge < -0.3 is 4.90 Å². The highest BCUT2D eigenvalue weighted by Gasteiger charge is 2.12. The van der Waals surface area contributed by atoms with Crippen molar-refractivity contribution in [1.29, 1.82) is 0 Å². The minimum absolute atomic E-state index is 0.634. The minimum atomic E-state index is 0.634. The average Bonchev–Trinajstić information content (AvgIpc) is 1.99. The smallest absolute Gasteiger partial charge is 0.101 e. The van der Waals surface area contributed by atoms with E-state index in [-0.39, 0.29) is 0 Å². The van der Waals surface area contributed by atoms with Crippen molar-refractivity contribution >= 4 is 5.84 Å². The summed E-state index contributed by atoms with van der Waals surface area (Å²) in [6, 6.07) is 0. The highest BCUT2D eigenvalue weighted by Crippen LogP contribution is 2.11. The molecule has 0 bridgehead atoms. The standard InChI is InChI=1S/C9H20N2/c1-6-8(7-2)9(10-3)11(4)5/h8H,6-7H2,1-5H3/b10-9-. The van der Waals surface area contributed by atoms with Gasteiger partial charge in [-0.05, 0) is 12.8 Å². The molecule has 0 aromatic rings. The van der Waals surface area contributed by atoms with E-state index >= 15 is 0 Å². The van der Waals surface area contributed by atoms with Gasteiger partial charge in [-0.15, -0.1) is 0 Å². The van der Waals surface area contributed by atoms with Crippen LogP contribution in [0.3, 0.4) is 0 Å². The molecule has 0 atom stereocenters. The Bertz CT molecular complexity index is 124. The molecule has 0 aromatic heterocycles. The molecule has 0 radical (unpaired) electrons.